The SMILES string of the molecule is COc1cc2c3c(ccc2cc1Cl)Cc1ccccc1C3=O. The molecular weight excluding hydrogens is 296 g/mol. The van der Waals surface area contributed by atoms with Gasteiger partial charge < -0.3 is 4.74 Å². The molecule has 0 aliphatic heterocycles. The third kappa shape index (κ3) is 1.84. The fourth-order valence-corrected chi connectivity index (χ4v) is 3.43. The van der Waals surface area contributed by atoms with Gasteiger partial charge in [0.1, 0.15) is 5.75 Å². The number of carbonyl (C=O) groups excluding carboxylic acids is 1. The summed E-state index contributed by atoms with van der Waals surface area (Å²) in [4.78, 5) is 12.9. The second-order valence-corrected chi connectivity index (χ2v) is 5.88. The van der Waals surface area contributed by atoms with Gasteiger partial charge in [0.15, 0.2) is 5.78 Å². The summed E-state index contributed by atoms with van der Waals surface area (Å²) in [5, 5.41) is 2.41. The lowest BCUT2D eigenvalue weighted by atomic mass is 9.82. The van der Waals surface area contributed by atoms with Crippen LogP contribution in [-0.2, 0) is 6.42 Å². The highest BCUT2D eigenvalue weighted by molar-refractivity contribution is 6.33. The molecule has 0 radical (unpaired) electrons. The number of benzene rings is 3. The normalized spacial score (nSPS) is 12.9. The smallest absolute Gasteiger partial charge is 0.194 e. The van der Waals surface area contributed by atoms with Crippen LogP contribution in [-0.4, -0.2) is 12.9 Å². The van der Waals surface area contributed by atoms with E-state index in [1.165, 1.54) is 0 Å². The van der Waals surface area contributed by atoms with Crippen LogP contribution in [0.2, 0.25) is 5.02 Å². The van der Waals surface area contributed by atoms with Crippen molar-refractivity contribution in [3.63, 3.8) is 0 Å². The van der Waals surface area contributed by atoms with Crippen molar-refractivity contribution in [3.8, 4) is 5.75 Å². The monoisotopic (exact) mass is 308 g/mol. The van der Waals surface area contributed by atoms with Crippen molar-refractivity contribution in [2.24, 2.45) is 0 Å². The minimum atomic E-state index is 0.0758. The lowest BCUT2D eigenvalue weighted by Gasteiger charge is -2.20. The molecule has 1 aliphatic rings. The van der Waals surface area contributed by atoms with Crippen LogP contribution in [0.5, 0.6) is 5.75 Å². The van der Waals surface area contributed by atoms with Crippen LogP contribution in [0.25, 0.3) is 10.8 Å². The van der Waals surface area contributed by atoms with Crippen molar-refractivity contribution in [2.75, 3.05) is 7.11 Å². The molecule has 0 amide bonds. The summed E-state index contributed by atoms with van der Waals surface area (Å²) in [5.74, 6) is 0.668. The molecule has 3 aromatic rings. The van der Waals surface area contributed by atoms with Crippen molar-refractivity contribution in [1.82, 2.24) is 0 Å². The molecule has 0 aromatic heterocycles. The second kappa shape index (κ2) is 4.85. The highest BCUT2D eigenvalue weighted by Crippen LogP contribution is 2.36. The van der Waals surface area contributed by atoms with E-state index in [1.807, 2.05) is 48.5 Å². The molecule has 2 nitrogen and oxygen atoms in total. The molecule has 0 N–H and O–H groups in total. The number of ether oxygens (including phenoxy) is 1. The first kappa shape index (κ1) is 13.4. The molecule has 0 bridgehead atoms. The molecule has 0 fully saturated rings. The Balaban J connectivity index is 2.04. The number of hydrogen-bond acceptors (Lipinski definition) is 2. The highest BCUT2D eigenvalue weighted by atomic mass is 35.5. The molecule has 108 valence electrons. The molecule has 0 saturated carbocycles. The molecular formula is C19H13ClO2. The van der Waals surface area contributed by atoms with Crippen LogP contribution in [0.15, 0.2) is 48.5 Å². The van der Waals surface area contributed by atoms with Crippen molar-refractivity contribution in [3.05, 3.63) is 75.8 Å². The summed E-state index contributed by atoms with van der Waals surface area (Å²) in [7, 11) is 1.58. The zero-order chi connectivity index (χ0) is 15.3. The van der Waals surface area contributed by atoms with E-state index in [-0.39, 0.29) is 5.78 Å². The maximum Gasteiger partial charge on any atom is 0.194 e. The molecule has 3 aromatic carbocycles. The number of carbonyl (C=O) groups is 1. The number of methoxy groups -OCH3 is 1. The van der Waals surface area contributed by atoms with Crippen molar-refractivity contribution in [2.45, 2.75) is 6.42 Å². The molecule has 0 unspecified atom stereocenters. The Morgan fingerprint density at radius 1 is 1.05 bits per heavy atom. The van der Waals surface area contributed by atoms with E-state index in [1.54, 1.807) is 7.11 Å². The van der Waals surface area contributed by atoms with Crippen LogP contribution in [0.3, 0.4) is 0 Å². The van der Waals surface area contributed by atoms with E-state index in [2.05, 4.69) is 0 Å². The first-order valence-electron chi connectivity index (χ1n) is 7.11. The van der Waals surface area contributed by atoms with Gasteiger partial charge in [0.05, 0.1) is 12.1 Å². The lowest BCUT2D eigenvalue weighted by molar-refractivity contribution is 0.103. The fourth-order valence-electron chi connectivity index (χ4n) is 3.18. The maximum absolute atomic E-state index is 12.9. The fraction of sp³-hybridized carbons (Fsp3) is 0.105. The van der Waals surface area contributed by atoms with E-state index in [0.717, 1.165) is 39.4 Å². The Hall–Kier alpha value is -2.32. The largest absolute Gasteiger partial charge is 0.495 e. The number of hydrogen-bond donors (Lipinski definition) is 0. The Bertz CT molecular complexity index is 928. The van der Waals surface area contributed by atoms with Gasteiger partial charge in [-0.15, -0.1) is 0 Å². The third-order valence-corrected chi connectivity index (χ3v) is 4.54. The van der Waals surface area contributed by atoms with Crippen LogP contribution in [0, 0.1) is 0 Å². The number of fused-ring (bicyclic) bond motifs is 4. The van der Waals surface area contributed by atoms with Crippen LogP contribution in [0.1, 0.15) is 27.0 Å². The molecule has 0 heterocycles. The van der Waals surface area contributed by atoms with Gasteiger partial charge >= 0.3 is 0 Å². The summed E-state index contributed by atoms with van der Waals surface area (Å²) < 4.78 is 5.31. The van der Waals surface area contributed by atoms with Gasteiger partial charge in [-0.1, -0.05) is 48.0 Å². The predicted molar refractivity (Wildman–Crippen MR) is 88.2 cm³/mol. The van der Waals surface area contributed by atoms with Crippen molar-refractivity contribution >= 4 is 28.2 Å². The molecule has 1 aliphatic carbocycles. The average molecular weight is 309 g/mol. The predicted octanol–water partition coefficient (Wildman–Crippen LogP) is 4.64. The quantitative estimate of drug-likeness (QED) is 0.512. The van der Waals surface area contributed by atoms with E-state index in [0.29, 0.717) is 10.8 Å². The zero-order valence-corrected chi connectivity index (χ0v) is 12.8. The molecule has 3 heteroatoms. The Labute approximate surface area is 133 Å². The summed E-state index contributed by atoms with van der Waals surface area (Å²) in [5.41, 5.74) is 3.70. The third-order valence-electron chi connectivity index (χ3n) is 4.25. The first-order valence-corrected chi connectivity index (χ1v) is 7.48. The van der Waals surface area contributed by atoms with Gasteiger partial charge in [-0.2, -0.15) is 0 Å². The minimum Gasteiger partial charge on any atom is -0.495 e. The highest BCUT2D eigenvalue weighted by Gasteiger charge is 2.25. The Kier molecular flexibility index (Phi) is 2.95. The molecule has 0 spiro atoms. The number of ketones is 1. The number of rotatable bonds is 1. The van der Waals surface area contributed by atoms with Crippen LogP contribution < -0.4 is 4.74 Å². The molecule has 0 saturated heterocycles. The zero-order valence-electron chi connectivity index (χ0n) is 12.0. The minimum absolute atomic E-state index is 0.0758. The summed E-state index contributed by atoms with van der Waals surface area (Å²) >= 11 is 6.19. The van der Waals surface area contributed by atoms with Gasteiger partial charge in [0.2, 0.25) is 0 Å². The summed E-state index contributed by atoms with van der Waals surface area (Å²) in [6.45, 7) is 0. The van der Waals surface area contributed by atoms with E-state index in [4.69, 9.17) is 16.3 Å². The van der Waals surface area contributed by atoms with Gasteiger partial charge in [-0.25, -0.2) is 0 Å². The maximum atomic E-state index is 12.9. The van der Waals surface area contributed by atoms with E-state index >= 15 is 0 Å². The van der Waals surface area contributed by atoms with Crippen LogP contribution in [0.4, 0.5) is 0 Å². The summed E-state index contributed by atoms with van der Waals surface area (Å²) in [6.07, 6.45) is 0.776. The molecule has 0 atom stereocenters. The average Bonchev–Trinajstić information content (AvgIpc) is 2.54. The van der Waals surface area contributed by atoms with E-state index in [9.17, 15) is 4.79 Å². The van der Waals surface area contributed by atoms with Crippen molar-refractivity contribution < 1.29 is 9.53 Å². The second-order valence-electron chi connectivity index (χ2n) is 5.47. The van der Waals surface area contributed by atoms with Gasteiger partial charge in [0.25, 0.3) is 0 Å². The lowest BCUT2D eigenvalue weighted by Crippen LogP contribution is -2.15. The van der Waals surface area contributed by atoms with Gasteiger partial charge in [-0.3, -0.25) is 4.79 Å². The van der Waals surface area contributed by atoms with E-state index < -0.39 is 0 Å². The van der Waals surface area contributed by atoms with Crippen molar-refractivity contribution in [1.29, 1.82) is 0 Å². The Morgan fingerprint density at radius 2 is 1.86 bits per heavy atom. The number of halogens is 1. The Morgan fingerprint density at radius 3 is 2.68 bits per heavy atom. The first-order chi connectivity index (χ1) is 10.7. The summed E-state index contributed by atoms with van der Waals surface area (Å²) in [6, 6.07) is 15.5. The van der Waals surface area contributed by atoms with Gasteiger partial charge in [0, 0.05) is 11.1 Å². The van der Waals surface area contributed by atoms with Gasteiger partial charge in [-0.05, 0) is 40.5 Å². The molecule has 22 heavy (non-hydrogen) atoms. The standard InChI is InChI=1S/C19H13ClO2/c1-22-17-10-15-12(9-16(17)20)6-7-13-8-11-4-2-3-5-14(11)19(21)18(13)15/h2-7,9-10H,8H2,1H3. The molecule has 4 rings (SSSR count). The topological polar surface area (TPSA) is 26.3 Å². The van der Waals surface area contributed by atoms with Crippen LogP contribution >= 0.6 is 11.6 Å².